The first kappa shape index (κ1) is 20.2. The number of anilines is 1. The van der Waals surface area contributed by atoms with Gasteiger partial charge in [-0.05, 0) is 37.3 Å². The van der Waals surface area contributed by atoms with E-state index in [1.165, 1.54) is 0 Å². The van der Waals surface area contributed by atoms with E-state index in [0.29, 0.717) is 21.8 Å². The summed E-state index contributed by atoms with van der Waals surface area (Å²) in [7, 11) is 0. The highest BCUT2D eigenvalue weighted by Gasteiger charge is 2.25. The molecule has 142 valence electrons. The Morgan fingerprint density at radius 3 is 2.46 bits per heavy atom. The first-order chi connectivity index (χ1) is 13.5. The number of aliphatic hydroxyl groups excluding tert-OH is 2. The van der Waals surface area contributed by atoms with Crippen LogP contribution in [-0.2, 0) is 6.61 Å². The van der Waals surface area contributed by atoms with Crippen LogP contribution in [0.4, 0.5) is 5.69 Å². The van der Waals surface area contributed by atoms with Gasteiger partial charge in [-0.1, -0.05) is 58.0 Å². The molecule has 0 saturated heterocycles. The van der Waals surface area contributed by atoms with Crippen LogP contribution in [-0.4, -0.2) is 15.2 Å². The smallest absolute Gasteiger partial charge is 0.288 e. The van der Waals surface area contributed by atoms with Crippen LogP contribution < -0.4 is 9.88 Å². The van der Waals surface area contributed by atoms with Crippen molar-refractivity contribution in [3.05, 3.63) is 94.2 Å². The summed E-state index contributed by atoms with van der Waals surface area (Å²) in [5, 5.41) is 23.8. The molecule has 0 atom stereocenters. The van der Waals surface area contributed by atoms with Crippen molar-refractivity contribution in [1.29, 1.82) is 0 Å². The van der Waals surface area contributed by atoms with Crippen LogP contribution >= 0.6 is 28.1 Å². The second-order valence-electron chi connectivity index (χ2n) is 6.27. The molecule has 1 aromatic heterocycles. The summed E-state index contributed by atoms with van der Waals surface area (Å²) in [6, 6.07) is 18.8. The SMILES string of the molecule is Cc1ccc(NC(=S)/C(=C(\O)c2ccccc2Br)[n+]2cccc(CO)c2)cc1. The third-order valence-electron chi connectivity index (χ3n) is 4.18. The zero-order chi connectivity index (χ0) is 20.1. The topological polar surface area (TPSA) is 56.4 Å². The van der Waals surface area contributed by atoms with Crippen molar-refractivity contribution < 1.29 is 14.8 Å². The van der Waals surface area contributed by atoms with E-state index in [-0.39, 0.29) is 12.4 Å². The predicted molar refractivity (Wildman–Crippen MR) is 120 cm³/mol. The standard InChI is InChI=1S/C22H19BrN2O2S/c1-15-8-10-17(11-9-15)24-22(28)20(25-12-4-5-16(13-25)14-26)21(27)18-6-2-3-7-19(18)23/h2-13,26H,14H2,1H3,(H-,24,27,28)/p+1. The van der Waals surface area contributed by atoms with Gasteiger partial charge >= 0.3 is 0 Å². The lowest BCUT2D eigenvalue weighted by Crippen LogP contribution is -2.39. The molecule has 0 radical (unpaired) electrons. The van der Waals surface area contributed by atoms with Gasteiger partial charge in [0.05, 0.1) is 6.61 Å². The molecule has 4 nitrogen and oxygen atoms in total. The quantitative estimate of drug-likeness (QED) is 0.222. The molecule has 0 spiro atoms. The van der Waals surface area contributed by atoms with Gasteiger partial charge in [0.2, 0.25) is 0 Å². The highest BCUT2D eigenvalue weighted by molar-refractivity contribution is 9.10. The summed E-state index contributed by atoms with van der Waals surface area (Å²) in [5.74, 6) is 0.0252. The van der Waals surface area contributed by atoms with Gasteiger partial charge in [0.15, 0.2) is 23.1 Å². The fourth-order valence-electron chi connectivity index (χ4n) is 2.71. The Morgan fingerprint density at radius 2 is 1.79 bits per heavy atom. The van der Waals surface area contributed by atoms with Gasteiger partial charge in [0.1, 0.15) is 0 Å². The molecule has 0 aliphatic rings. The fraction of sp³-hybridized carbons (Fsp3) is 0.0909. The molecule has 3 N–H and O–H groups in total. The van der Waals surface area contributed by atoms with Crippen LogP contribution in [0.1, 0.15) is 16.7 Å². The maximum absolute atomic E-state index is 11.1. The molecule has 3 rings (SSSR count). The molecule has 0 unspecified atom stereocenters. The number of aromatic nitrogens is 1. The Hall–Kier alpha value is -2.54. The first-order valence-electron chi connectivity index (χ1n) is 8.67. The molecule has 0 saturated carbocycles. The van der Waals surface area contributed by atoms with Crippen molar-refractivity contribution in [2.24, 2.45) is 0 Å². The molecular formula is C22H20BrN2O2S+. The molecule has 0 aliphatic heterocycles. The number of aryl methyl sites for hydroxylation is 1. The van der Waals surface area contributed by atoms with Crippen LogP contribution in [0.5, 0.6) is 0 Å². The number of halogens is 1. The van der Waals surface area contributed by atoms with Crippen molar-refractivity contribution in [2.45, 2.75) is 13.5 Å². The zero-order valence-electron chi connectivity index (χ0n) is 15.3. The fourth-order valence-corrected chi connectivity index (χ4v) is 3.50. The molecule has 1 heterocycles. The highest BCUT2D eigenvalue weighted by Crippen LogP contribution is 2.26. The summed E-state index contributed by atoms with van der Waals surface area (Å²) >= 11 is 9.13. The third-order valence-corrected chi connectivity index (χ3v) is 5.17. The van der Waals surface area contributed by atoms with E-state index >= 15 is 0 Å². The normalized spacial score (nSPS) is 11.7. The zero-order valence-corrected chi connectivity index (χ0v) is 17.7. The lowest BCUT2D eigenvalue weighted by molar-refractivity contribution is -0.576. The second-order valence-corrected chi connectivity index (χ2v) is 7.54. The largest absolute Gasteiger partial charge is 0.502 e. The van der Waals surface area contributed by atoms with Gasteiger partial charge in [-0.3, -0.25) is 0 Å². The molecule has 2 aromatic carbocycles. The predicted octanol–water partition coefficient (Wildman–Crippen LogP) is 4.86. The van der Waals surface area contributed by atoms with E-state index in [1.54, 1.807) is 29.1 Å². The Kier molecular flexibility index (Phi) is 6.57. The number of nitrogens with zero attached hydrogens (tertiary/aromatic N) is 1. The summed E-state index contributed by atoms with van der Waals surface area (Å²) in [5.41, 5.74) is 3.71. The van der Waals surface area contributed by atoms with Gasteiger partial charge in [0.25, 0.3) is 5.70 Å². The number of pyridine rings is 1. The molecule has 0 bridgehead atoms. The molecule has 0 fully saturated rings. The van der Waals surface area contributed by atoms with E-state index in [9.17, 15) is 10.2 Å². The van der Waals surface area contributed by atoms with Gasteiger partial charge in [-0.2, -0.15) is 4.57 Å². The summed E-state index contributed by atoms with van der Waals surface area (Å²) in [4.78, 5) is 0.359. The van der Waals surface area contributed by atoms with Crippen LogP contribution in [0.25, 0.3) is 11.5 Å². The second kappa shape index (κ2) is 9.10. The van der Waals surface area contributed by atoms with E-state index in [2.05, 4.69) is 21.2 Å². The highest BCUT2D eigenvalue weighted by atomic mass is 79.9. The first-order valence-corrected chi connectivity index (χ1v) is 9.87. The lowest BCUT2D eigenvalue weighted by Gasteiger charge is -2.11. The van der Waals surface area contributed by atoms with Crippen LogP contribution in [0.15, 0.2) is 77.5 Å². The number of hydrogen-bond acceptors (Lipinski definition) is 3. The van der Waals surface area contributed by atoms with E-state index < -0.39 is 0 Å². The lowest BCUT2D eigenvalue weighted by atomic mass is 10.1. The van der Waals surface area contributed by atoms with Crippen molar-refractivity contribution in [2.75, 3.05) is 5.32 Å². The maximum atomic E-state index is 11.1. The van der Waals surface area contributed by atoms with Crippen molar-refractivity contribution in [3.8, 4) is 0 Å². The summed E-state index contributed by atoms with van der Waals surface area (Å²) in [6.45, 7) is 1.91. The Bertz CT molecular complexity index is 1030. The average Bonchev–Trinajstić information content (AvgIpc) is 2.70. The van der Waals surface area contributed by atoms with E-state index in [4.69, 9.17) is 12.2 Å². The van der Waals surface area contributed by atoms with Crippen LogP contribution in [0.2, 0.25) is 0 Å². The Balaban J connectivity index is 2.10. The van der Waals surface area contributed by atoms with E-state index in [1.807, 2.05) is 55.5 Å². The Morgan fingerprint density at radius 1 is 1.07 bits per heavy atom. The number of hydrogen-bond donors (Lipinski definition) is 3. The molecule has 28 heavy (non-hydrogen) atoms. The van der Waals surface area contributed by atoms with Crippen LogP contribution in [0, 0.1) is 6.92 Å². The minimum atomic E-state index is -0.109. The monoisotopic (exact) mass is 455 g/mol. The minimum absolute atomic E-state index is 0.0252. The van der Waals surface area contributed by atoms with Crippen molar-refractivity contribution in [1.82, 2.24) is 0 Å². The van der Waals surface area contributed by atoms with Gasteiger partial charge in [-0.15, -0.1) is 0 Å². The van der Waals surface area contributed by atoms with Gasteiger partial charge in [-0.25, -0.2) is 0 Å². The number of benzene rings is 2. The Labute approximate surface area is 177 Å². The third kappa shape index (κ3) is 4.65. The molecule has 0 aliphatic carbocycles. The average molecular weight is 456 g/mol. The van der Waals surface area contributed by atoms with Crippen LogP contribution in [0.3, 0.4) is 0 Å². The molecular weight excluding hydrogens is 436 g/mol. The number of thiocarbonyl (C=S) groups is 1. The summed E-state index contributed by atoms with van der Waals surface area (Å²) in [6.07, 6.45) is 3.52. The van der Waals surface area contributed by atoms with Gasteiger partial charge < -0.3 is 15.5 Å². The number of nitrogens with one attached hydrogen (secondary N) is 1. The number of rotatable bonds is 5. The van der Waals surface area contributed by atoms with Gasteiger partial charge in [0, 0.05) is 27.4 Å². The number of aliphatic hydroxyl groups is 2. The molecule has 3 aromatic rings. The molecule has 0 amide bonds. The minimum Gasteiger partial charge on any atom is -0.502 e. The van der Waals surface area contributed by atoms with Crippen molar-refractivity contribution in [3.63, 3.8) is 0 Å². The van der Waals surface area contributed by atoms with E-state index in [0.717, 1.165) is 15.7 Å². The van der Waals surface area contributed by atoms with Crippen molar-refractivity contribution >= 4 is 50.3 Å². The maximum Gasteiger partial charge on any atom is 0.288 e. The summed E-state index contributed by atoms with van der Waals surface area (Å²) < 4.78 is 2.46. The molecule has 6 heteroatoms.